The largest absolute Gasteiger partial charge is 0.459 e. The Kier molecular flexibility index (Phi) is 5.24. The van der Waals surface area contributed by atoms with E-state index in [1.807, 2.05) is 38.1 Å². The Labute approximate surface area is 153 Å². The van der Waals surface area contributed by atoms with Gasteiger partial charge in [0.1, 0.15) is 11.3 Å². The van der Waals surface area contributed by atoms with Crippen molar-refractivity contribution in [1.29, 1.82) is 0 Å². The molecule has 1 aliphatic rings. The fourth-order valence-corrected chi connectivity index (χ4v) is 4.37. The Morgan fingerprint density at radius 1 is 1.35 bits per heavy atom. The van der Waals surface area contributed by atoms with Crippen LogP contribution < -0.4 is 10.6 Å². The first-order valence-electron chi connectivity index (χ1n) is 8.76. The summed E-state index contributed by atoms with van der Waals surface area (Å²) in [6.45, 7) is 4.66. The number of fused-ring (bicyclic) bond motifs is 1. The first-order valence-corrected chi connectivity index (χ1v) is 10.6. The number of para-hydroxylation sites is 1. The van der Waals surface area contributed by atoms with Gasteiger partial charge in [0, 0.05) is 30.1 Å². The maximum absolute atomic E-state index is 12.3. The lowest BCUT2D eigenvalue weighted by atomic mass is 10.1. The number of sulfonamides is 1. The molecule has 7 nitrogen and oxygen atoms in total. The number of hydrogen-bond acceptors (Lipinski definition) is 4. The molecule has 3 rings (SSSR count). The fourth-order valence-electron chi connectivity index (χ4n) is 3.46. The minimum absolute atomic E-state index is 0.192. The van der Waals surface area contributed by atoms with Crippen molar-refractivity contribution in [3.05, 3.63) is 35.6 Å². The molecular formula is C18H25N3O4S. The molecule has 1 aromatic heterocycles. The van der Waals surface area contributed by atoms with E-state index in [0.717, 1.165) is 35.1 Å². The number of nitrogens with zero attached hydrogens (tertiary/aromatic N) is 1. The molecule has 2 aromatic rings. The van der Waals surface area contributed by atoms with Gasteiger partial charge in [0.15, 0.2) is 0 Å². The van der Waals surface area contributed by atoms with Gasteiger partial charge in [-0.2, -0.15) is 0 Å². The molecule has 2 heterocycles. The monoisotopic (exact) mass is 379 g/mol. The summed E-state index contributed by atoms with van der Waals surface area (Å²) in [6, 6.07) is 6.95. The van der Waals surface area contributed by atoms with Crippen molar-refractivity contribution in [3.8, 4) is 0 Å². The summed E-state index contributed by atoms with van der Waals surface area (Å²) < 4.78 is 30.7. The van der Waals surface area contributed by atoms with Crippen LogP contribution in [0.15, 0.2) is 28.7 Å². The molecule has 1 saturated heterocycles. The van der Waals surface area contributed by atoms with Crippen LogP contribution in [0.1, 0.15) is 37.1 Å². The van der Waals surface area contributed by atoms with Crippen molar-refractivity contribution in [2.24, 2.45) is 0 Å². The average Bonchev–Trinajstić information content (AvgIpc) is 2.92. The molecule has 0 spiro atoms. The predicted molar refractivity (Wildman–Crippen MR) is 100 cm³/mol. The molecule has 0 saturated carbocycles. The Bertz CT molecular complexity index is 906. The lowest BCUT2D eigenvalue weighted by molar-refractivity contribution is 0.222. The number of piperidine rings is 1. The van der Waals surface area contributed by atoms with Gasteiger partial charge in [-0.05, 0) is 32.8 Å². The van der Waals surface area contributed by atoms with Crippen molar-refractivity contribution < 1.29 is 17.6 Å². The van der Waals surface area contributed by atoms with Crippen LogP contribution in [-0.2, 0) is 10.0 Å². The number of hydrogen-bond donors (Lipinski definition) is 2. The molecule has 2 amide bonds. The van der Waals surface area contributed by atoms with Crippen LogP contribution in [0, 0.1) is 6.92 Å². The van der Waals surface area contributed by atoms with Crippen molar-refractivity contribution >= 4 is 27.0 Å². The third-order valence-electron chi connectivity index (χ3n) is 4.81. The third-order valence-corrected chi connectivity index (χ3v) is 6.08. The van der Waals surface area contributed by atoms with Crippen molar-refractivity contribution in [2.75, 3.05) is 19.3 Å². The van der Waals surface area contributed by atoms with E-state index in [1.165, 1.54) is 10.6 Å². The highest BCUT2D eigenvalue weighted by atomic mass is 32.2. The maximum atomic E-state index is 12.3. The van der Waals surface area contributed by atoms with E-state index in [-0.39, 0.29) is 18.1 Å². The summed E-state index contributed by atoms with van der Waals surface area (Å²) >= 11 is 0. The number of carbonyl (C=O) groups is 1. The highest BCUT2D eigenvalue weighted by Gasteiger charge is 2.27. The molecule has 1 aliphatic heterocycles. The van der Waals surface area contributed by atoms with Gasteiger partial charge in [-0.3, -0.25) is 0 Å². The highest BCUT2D eigenvalue weighted by Crippen LogP contribution is 2.29. The minimum atomic E-state index is -3.23. The lowest BCUT2D eigenvalue weighted by Crippen LogP contribution is -2.51. The van der Waals surface area contributed by atoms with Gasteiger partial charge < -0.3 is 15.1 Å². The summed E-state index contributed by atoms with van der Waals surface area (Å²) in [4.78, 5) is 12.3. The highest BCUT2D eigenvalue weighted by molar-refractivity contribution is 7.88. The van der Waals surface area contributed by atoms with E-state index in [9.17, 15) is 13.2 Å². The quantitative estimate of drug-likeness (QED) is 0.854. The first kappa shape index (κ1) is 18.7. The van der Waals surface area contributed by atoms with Gasteiger partial charge in [0.2, 0.25) is 10.0 Å². The second kappa shape index (κ2) is 7.28. The second-order valence-electron chi connectivity index (χ2n) is 6.89. The van der Waals surface area contributed by atoms with Crippen LogP contribution in [0.5, 0.6) is 0 Å². The van der Waals surface area contributed by atoms with Crippen molar-refractivity contribution in [3.63, 3.8) is 0 Å². The summed E-state index contributed by atoms with van der Waals surface area (Å²) in [5.41, 5.74) is 1.81. The number of benzene rings is 1. The Morgan fingerprint density at radius 3 is 2.77 bits per heavy atom. The number of urea groups is 1. The SMILES string of the molecule is Cc1c([C@H](C)NC(=O)NC2CCCN(S(C)(=O)=O)C2)oc2ccccc12. The first-order chi connectivity index (χ1) is 12.3. The van der Waals surface area contributed by atoms with Gasteiger partial charge in [0.05, 0.1) is 12.3 Å². The molecule has 1 unspecified atom stereocenters. The van der Waals surface area contributed by atoms with Crippen molar-refractivity contribution in [2.45, 2.75) is 38.8 Å². The number of amides is 2. The van der Waals surface area contributed by atoms with Crippen LogP contribution >= 0.6 is 0 Å². The van der Waals surface area contributed by atoms with Crippen LogP contribution in [0.3, 0.4) is 0 Å². The van der Waals surface area contributed by atoms with Gasteiger partial charge in [0.25, 0.3) is 0 Å². The smallest absolute Gasteiger partial charge is 0.315 e. The normalized spacial score (nSPS) is 20.0. The Balaban J connectivity index is 1.63. The molecule has 2 N–H and O–H groups in total. The van der Waals surface area contributed by atoms with Crippen LogP contribution in [0.25, 0.3) is 11.0 Å². The van der Waals surface area contributed by atoms with Crippen LogP contribution in [0.2, 0.25) is 0 Å². The van der Waals surface area contributed by atoms with E-state index in [0.29, 0.717) is 13.1 Å². The minimum Gasteiger partial charge on any atom is -0.459 e. The maximum Gasteiger partial charge on any atom is 0.315 e. The molecule has 26 heavy (non-hydrogen) atoms. The molecule has 142 valence electrons. The molecule has 2 atom stereocenters. The van der Waals surface area contributed by atoms with Crippen LogP contribution in [-0.4, -0.2) is 44.1 Å². The zero-order valence-corrected chi connectivity index (χ0v) is 16.1. The molecule has 0 aliphatic carbocycles. The van der Waals surface area contributed by atoms with E-state index in [4.69, 9.17) is 4.42 Å². The average molecular weight is 379 g/mol. The number of carbonyl (C=O) groups excluding carboxylic acids is 1. The van der Waals surface area contributed by atoms with Gasteiger partial charge in [-0.25, -0.2) is 17.5 Å². The van der Waals surface area contributed by atoms with E-state index < -0.39 is 10.0 Å². The molecule has 1 aromatic carbocycles. The predicted octanol–water partition coefficient (Wildman–Crippen LogP) is 2.53. The Hall–Kier alpha value is -2.06. The third kappa shape index (κ3) is 4.02. The van der Waals surface area contributed by atoms with Gasteiger partial charge in [-0.15, -0.1) is 0 Å². The zero-order chi connectivity index (χ0) is 18.9. The molecule has 1 fully saturated rings. The summed E-state index contributed by atoms with van der Waals surface area (Å²) in [6.07, 6.45) is 2.69. The van der Waals surface area contributed by atoms with Crippen molar-refractivity contribution in [1.82, 2.24) is 14.9 Å². The standard InChI is InChI=1S/C18H25N3O4S/c1-12-15-8-4-5-9-16(15)25-17(12)13(2)19-18(22)20-14-7-6-10-21(11-14)26(3,23)24/h4-5,8-9,13-14H,6-7,10-11H2,1-3H3,(H2,19,20,22)/t13-,14?/m0/s1. The molecular weight excluding hydrogens is 354 g/mol. The Morgan fingerprint density at radius 2 is 2.08 bits per heavy atom. The van der Waals surface area contributed by atoms with Gasteiger partial charge in [-0.1, -0.05) is 18.2 Å². The van der Waals surface area contributed by atoms with E-state index >= 15 is 0 Å². The summed E-state index contributed by atoms with van der Waals surface area (Å²) in [5, 5.41) is 6.80. The van der Waals surface area contributed by atoms with Crippen LogP contribution in [0.4, 0.5) is 4.79 Å². The summed E-state index contributed by atoms with van der Waals surface area (Å²) in [7, 11) is -3.23. The number of aryl methyl sites for hydroxylation is 1. The zero-order valence-electron chi connectivity index (χ0n) is 15.3. The molecule has 0 radical (unpaired) electrons. The second-order valence-corrected chi connectivity index (χ2v) is 8.87. The number of nitrogens with one attached hydrogen (secondary N) is 2. The number of furan rings is 1. The number of rotatable bonds is 4. The molecule has 8 heteroatoms. The van der Waals surface area contributed by atoms with E-state index in [1.54, 1.807) is 0 Å². The lowest BCUT2D eigenvalue weighted by Gasteiger charge is -2.31. The van der Waals surface area contributed by atoms with Gasteiger partial charge >= 0.3 is 6.03 Å². The topological polar surface area (TPSA) is 91.7 Å². The summed E-state index contributed by atoms with van der Waals surface area (Å²) in [5.74, 6) is 0.725. The fraction of sp³-hybridized carbons (Fsp3) is 0.500. The molecule has 0 bridgehead atoms. The van der Waals surface area contributed by atoms with E-state index in [2.05, 4.69) is 10.6 Å².